The summed E-state index contributed by atoms with van der Waals surface area (Å²) in [6, 6.07) is 3.95. The first-order valence-corrected chi connectivity index (χ1v) is 6.37. The van der Waals surface area contributed by atoms with Crippen molar-refractivity contribution >= 4 is 23.7 Å². The van der Waals surface area contributed by atoms with E-state index in [2.05, 4.69) is 15.4 Å². The van der Waals surface area contributed by atoms with Crippen molar-refractivity contribution in [1.82, 2.24) is 5.32 Å². The van der Waals surface area contributed by atoms with Gasteiger partial charge in [-0.15, -0.1) is 0 Å². The van der Waals surface area contributed by atoms with Crippen LogP contribution in [0.4, 0.5) is 10.5 Å². The summed E-state index contributed by atoms with van der Waals surface area (Å²) in [4.78, 5) is 33.9. The van der Waals surface area contributed by atoms with E-state index < -0.39 is 30.1 Å². The summed E-state index contributed by atoms with van der Waals surface area (Å²) >= 11 is 0. The lowest BCUT2D eigenvalue weighted by Crippen LogP contribution is -2.47. The Hall–Kier alpha value is -2.61. The van der Waals surface area contributed by atoms with E-state index in [0.717, 1.165) is 6.92 Å². The number of aliphatic carboxylic acids is 1. The third-order valence-electron chi connectivity index (χ3n) is 2.95. The van der Waals surface area contributed by atoms with Crippen LogP contribution >= 0.6 is 0 Å². The molecule has 0 saturated carbocycles. The van der Waals surface area contributed by atoms with E-state index in [1.54, 1.807) is 19.1 Å². The average Bonchev–Trinajstić information content (AvgIpc) is 2.46. The molecule has 1 rings (SSSR count). The van der Waals surface area contributed by atoms with E-state index in [1.807, 2.05) is 0 Å². The SMILES string of the molecule is COC(=O)c1cc(NC(=O)NCC(C)(O)C(=O)O)ccc1C. The zero-order valence-electron chi connectivity index (χ0n) is 12.5. The Labute approximate surface area is 127 Å². The molecular weight excluding hydrogens is 292 g/mol. The first-order chi connectivity index (χ1) is 10.2. The second kappa shape index (κ2) is 6.90. The Balaban J connectivity index is 2.73. The number of hydrogen-bond donors (Lipinski definition) is 4. The van der Waals surface area contributed by atoms with Crippen LogP contribution in [0.15, 0.2) is 18.2 Å². The van der Waals surface area contributed by atoms with Gasteiger partial charge in [0, 0.05) is 5.69 Å². The maximum atomic E-state index is 11.7. The lowest BCUT2D eigenvalue weighted by atomic mass is 10.1. The predicted molar refractivity (Wildman–Crippen MR) is 77.8 cm³/mol. The topological polar surface area (TPSA) is 125 Å². The van der Waals surface area contributed by atoms with Gasteiger partial charge in [-0.1, -0.05) is 6.07 Å². The number of carboxylic acids is 1. The van der Waals surface area contributed by atoms with Gasteiger partial charge in [0.2, 0.25) is 0 Å². The van der Waals surface area contributed by atoms with Gasteiger partial charge in [-0.3, -0.25) is 0 Å². The van der Waals surface area contributed by atoms with Crippen LogP contribution in [0.1, 0.15) is 22.8 Å². The number of aryl methyl sites for hydroxylation is 1. The van der Waals surface area contributed by atoms with Crippen molar-refractivity contribution in [3.05, 3.63) is 29.3 Å². The molecule has 1 unspecified atom stereocenters. The molecule has 0 bridgehead atoms. The number of urea groups is 1. The van der Waals surface area contributed by atoms with E-state index >= 15 is 0 Å². The van der Waals surface area contributed by atoms with Gasteiger partial charge in [-0.05, 0) is 31.5 Å². The predicted octanol–water partition coefficient (Wildman–Crippen LogP) is 0.739. The number of anilines is 1. The van der Waals surface area contributed by atoms with Crippen molar-refractivity contribution in [3.8, 4) is 0 Å². The lowest BCUT2D eigenvalue weighted by Gasteiger charge is -2.18. The highest BCUT2D eigenvalue weighted by atomic mass is 16.5. The molecule has 0 spiro atoms. The van der Waals surface area contributed by atoms with Gasteiger partial charge in [0.05, 0.1) is 19.2 Å². The van der Waals surface area contributed by atoms with E-state index in [4.69, 9.17) is 5.11 Å². The third-order valence-corrected chi connectivity index (χ3v) is 2.95. The Morgan fingerprint density at radius 2 is 1.95 bits per heavy atom. The number of hydrogen-bond acceptors (Lipinski definition) is 5. The summed E-state index contributed by atoms with van der Waals surface area (Å²) in [6.45, 7) is 2.32. The molecular formula is C14H18N2O6. The highest BCUT2D eigenvalue weighted by molar-refractivity contribution is 5.95. The highest BCUT2D eigenvalue weighted by Crippen LogP contribution is 2.16. The number of esters is 1. The molecule has 1 atom stereocenters. The molecule has 120 valence electrons. The van der Waals surface area contributed by atoms with E-state index in [-0.39, 0.29) is 0 Å². The normalized spacial score (nSPS) is 12.9. The molecule has 2 amide bonds. The zero-order chi connectivity index (χ0) is 16.9. The number of ether oxygens (including phenoxy) is 1. The van der Waals surface area contributed by atoms with Crippen LogP contribution in [0.2, 0.25) is 0 Å². The second-order valence-corrected chi connectivity index (χ2v) is 4.91. The van der Waals surface area contributed by atoms with Gasteiger partial charge in [0.1, 0.15) is 0 Å². The minimum atomic E-state index is -2.07. The summed E-state index contributed by atoms with van der Waals surface area (Å²) in [7, 11) is 1.25. The maximum Gasteiger partial charge on any atom is 0.338 e. The molecule has 0 aliphatic heterocycles. The van der Waals surface area contributed by atoms with Crippen LogP contribution in [0.25, 0.3) is 0 Å². The summed E-state index contributed by atoms with van der Waals surface area (Å²) in [5.41, 5.74) is -0.746. The third kappa shape index (κ3) is 4.45. The van der Waals surface area contributed by atoms with Crippen molar-refractivity contribution in [1.29, 1.82) is 0 Å². The van der Waals surface area contributed by atoms with Crippen molar-refractivity contribution in [2.75, 3.05) is 19.0 Å². The van der Waals surface area contributed by atoms with Gasteiger partial charge in [0.25, 0.3) is 0 Å². The first-order valence-electron chi connectivity index (χ1n) is 6.37. The molecule has 8 nitrogen and oxygen atoms in total. The first kappa shape index (κ1) is 17.4. The lowest BCUT2D eigenvalue weighted by molar-refractivity contribution is -0.155. The van der Waals surface area contributed by atoms with Gasteiger partial charge < -0.3 is 25.6 Å². The molecule has 0 aliphatic carbocycles. The standard InChI is InChI=1S/C14H18N2O6/c1-8-4-5-9(6-10(8)11(17)22-3)16-13(20)15-7-14(2,21)12(18)19/h4-6,21H,7H2,1-3H3,(H,18,19)(H2,15,16,20). The zero-order valence-corrected chi connectivity index (χ0v) is 12.5. The molecule has 0 aliphatic rings. The Morgan fingerprint density at radius 3 is 2.50 bits per heavy atom. The fourth-order valence-corrected chi connectivity index (χ4v) is 1.53. The Bertz CT molecular complexity index is 597. The molecule has 1 aromatic carbocycles. The molecule has 0 saturated heterocycles. The van der Waals surface area contributed by atoms with E-state index in [1.165, 1.54) is 13.2 Å². The molecule has 22 heavy (non-hydrogen) atoms. The van der Waals surface area contributed by atoms with Gasteiger partial charge in [0.15, 0.2) is 5.60 Å². The minimum absolute atomic E-state index is 0.304. The molecule has 1 aromatic rings. The fourth-order valence-electron chi connectivity index (χ4n) is 1.53. The van der Waals surface area contributed by atoms with Crippen molar-refractivity contribution < 1.29 is 29.3 Å². The number of amides is 2. The molecule has 0 heterocycles. The molecule has 8 heteroatoms. The summed E-state index contributed by atoms with van der Waals surface area (Å²) < 4.78 is 4.63. The van der Waals surface area contributed by atoms with Crippen molar-refractivity contribution in [2.24, 2.45) is 0 Å². The number of methoxy groups -OCH3 is 1. The minimum Gasteiger partial charge on any atom is -0.479 e. The summed E-state index contributed by atoms with van der Waals surface area (Å²) in [6.07, 6.45) is 0. The smallest absolute Gasteiger partial charge is 0.338 e. The summed E-state index contributed by atoms with van der Waals surface area (Å²) in [5, 5.41) is 22.9. The number of benzene rings is 1. The van der Waals surface area contributed by atoms with Crippen LogP contribution in [-0.4, -0.2) is 47.4 Å². The van der Waals surface area contributed by atoms with Crippen LogP contribution in [0, 0.1) is 6.92 Å². The van der Waals surface area contributed by atoms with Crippen LogP contribution in [-0.2, 0) is 9.53 Å². The number of carboxylic acid groups (broad SMARTS) is 1. The number of nitrogens with one attached hydrogen (secondary N) is 2. The largest absolute Gasteiger partial charge is 0.479 e. The molecule has 0 fully saturated rings. The molecule has 0 aromatic heterocycles. The average molecular weight is 310 g/mol. The van der Waals surface area contributed by atoms with Crippen LogP contribution in [0.5, 0.6) is 0 Å². The van der Waals surface area contributed by atoms with Gasteiger partial charge in [-0.25, -0.2) is 14.4 Å². The fraction of sp³-hybridized carbons (Fsp3) is 0.357. The van der Waals surface area contributed by atoms with Crippen LogP contribution < -0.4 is 10.6 Å². The Kier molecular flexibility index (Phi) is 5.47. The molecule has 0 radical (unpaired) electrons. The van der Waals surface area contributed by atoms with Crippen molar-refractivity contribution in [2.45, 2.75) is 19.4 Å². The second-order valence-electron chi connectivity index (χ2n) is 4.91. The van der Waals surface area contributed by atoms with E-state index in [0.29, 0.717) is 16.8 Å². The van der Waals surface area contributed by atoms with E-state index in [9.17, 15) is 19.5 Å². The van der Waals surface area contributed by atoms with Gasteiger partial charge in [-0.2, -0.15) is 0 Å². The molecule has 4 N–H and O–H groups in total. The number of aliphatic hydroxyl groups is 1. The highest BCUT2D eigenvalue weighted by Gasteiger charge is 2.30. The van der Waals surface area contributed by atoms with Crippen LogP contribution in [0.3, 0.4) is 0 Å². The maximum absolute atomic E-state index is 11.7. The Morgan fingerprint density at radius 1 is 1.32 bits per heavy atom. The number of carbonyl (C=O) groups is 3. The monoisotopic (exact) mass is 310 g/mol. The summed E-state index contributed by atoms with van der Waals surface area (Å²) in [5.74, 6) is -1.98. The number of carbonyl (C=O) groups excluding carboxylic acids is 2. The van der Waals surface area contributed by atoms with Gasteiger partial charge >= 0.3 is 18.0 Å². The quantitative estimate of drug-likeness (QED) is 0.594. The number of rotatable bonds is 5. The van der Waals surface area contributed by atoms with Crippen molar-refractivity contribution in [3.63, 3.8) is 0 Å².